The summed E-state index contributed by atoms with van der Waals surface area (Å²) in [5.41, 5.74) is 7.65. The zero-order valence-electron chi connectivity index (χ0n) is 11.4. The van der Waals surface area contributed by atoms with Gasteiger partial charge in [0.15, 0.2) is 0 Å². The largest absolute Gasteiger partial charge is 0.397 e. The number of carbonyl (C=O) groups excluding carboxylic acids is 2. The number of carbonyl (C=O) groups is 2. The van der Waals surface area contributed by atoms with E-state index in [1.165, 1.54) is 11.3 Å². The van der Waals surface area contributed by atoms with Crippen LogP contribution in [0.1, 0.15) is 21.7 Å². The Morgan fingerprint density at radius 1 is 1.35 bits per heavy atom. The van der Waals surface area contributed by atoms with Gasteiger partial charge in [-0.1, -0.05) is 11.6 Å². The fraction of sp³-hybridized carbons (Fsp3) is 0.286. The topological polar surface area (TPSA) is 84.2 Å². The van der Waals surface area contributed by atoms with Crippen LogP contribution in [-0.2, 0) is 4.79 Å². The third-order valence-corrected chi connectivity index (χ3v) is 4.19. The highest BCUT2D eigenvalue weighted by Crippen LogP contribution is 2.34. The Kier molecular flexibility index (Phi) is 4.24. The summed E-state index contributed by atoms with van der Waals surface area (Å²) >= 11 is 1.37. The van der Waals surface area contributed by atoms with Gasteiger partial charge in [0.25, 0.3) is 5.91 Å². The summed E-state index contributed by atoms with van der Waals surface area (Å²) in [6.07, 6.45) is 0.256. The lowest BCUT2D eigenvalue weighted by molar-refractivity contribution is -0.120. The van der Waals surface area contributed by atoms with Gasteiger partial charge >= 0.3 is 0 Å². The number of nitrogens with one attached hydrogen (secondary N) is 2. The minimum absolute atomic E-state index is 0.106. The van der Waals surface area contributed by atoms with Crippen LogP contribution in [0.2, 0.25) is 0 Å². The highest BCUT2D eigenvalue weighted by molar-refractivity contribution is 7.21. The van der Waals surface area contributed by atoms with E-state index in [1.54, 1.807) is 7.05 Å². The maximum Gasteiger partial charge on any atom is 0.263 e. The molecular weight excluding hydrogens is 274 g/mol. The third kappa shape index (κ3) is 2.91. The first-order valence-corrected chi connectivity index (χ1v) is 7.12. The number of benzene rings is 1. The Balaban J connectivity index is 2.14. The van der Waals surface area contributed by atoms with E-state index in [0.29, 0.717) is 17.1 Å². The number of rotatable bonds is 4. The lowest BCUT2D eigenvalue weighted by atomic mass is 10.1. The molecule has 0 aliphatic heterocycles. The fourth-order valence-electron chi connectivity index (χ4n) is 1.89. The van der Waals surface area contributed by atoms with Gasteiger partial charge in [0.2, 0.25) is 5.91 Å². The molecule has 2 amide bonds. The Morgan fingerprint density at radius 3 is 2.80 bits per heavy atom. The van der Waals surface area contributed by atoms with Crippen molar-refractivity contribution in [1.29, 1.82) is 0 Å². The zero-order chi connectivity index (χ0) is 14.7. The minimum atomic E-state index is -0.231. The Labute approximate surface area is 121 Å². The molecule has 6 heteroatoms. The lowest BCUT2D eigenvalue weighted by Gasteiger charge is -2.03. The van der Waals surface area contributed by atoms with Gasteiger partial charge in [-0.25, -0.2) is 0 Å². The van der Waals surface area contributed by atoms with Gasteiger partial charge in [0, 0.05) is 30.1 Å². The van der Waals surface area contributed by atoms with Gasteiger partial charge < -0.3 is 16.4 Å². The van der Waals surface area contributed by atoms with Gasteiger partial charge in [-0.05, 0) is 19.1 Å². The van der Waals surface area contributed by atoms with E-state index in [-0.39, 0.29) is 18.2 Å². The predicted molar refractivity (Wildman–Crippen MR) is 82.0 cm³/mol. The van der Waals surface area contributed by atoms with E-state index < -0.39 is 0 Å². The average molecular weight is 291 g/mol. The molecule has 0 aliphatic carbocycles. The summed E-state index contributed by atoms with van der Waals surface area (Å²) in [5.74, 6) is -0.338. The molecule has 0 fully saturated rings. The molecule has 106 valence electrons. The van der Waals surface area contributed by atoms with Crippen molar-refractivity contribution >= 4 is 38.9 Å². The first-order chi connectivity index (χ1) is 9.52. The molecule has 4 N–H and O–H groups in total. The second-order valence-electron chi connectivity index (χ2n) is 4.52. The maximum atomic E-state index is 12.1. The van der Waals surface area contributed by atoms with E-state index in [0.717, 1.165) is 15.6 Å². The van der Waals surface area contributed by atoms with Crippen LogP contribution in [0.15, 0.2) is 18.2 Å². The normalized spacial score (nSPS) is 10.5. The van der Waals surface area contributed by atoms with Crippen molar-refractivity contribution in [2.45, 2.75) is 13.3 Å². The number of amides is 2. The van der Waals surface area contributed by atoms with Gasteiger partial charge in [-0.3, -0.25) is 9.59 Å². The number of hydrogen-bond acceptors (Lipinski definition) is 4. The van der Waals surface area contributed by atoms with Crippen molar-refractivity contribution in [2.75, 3.05) is 19.3 Å². The zero-order valence-corrected chi connectivity index (χ0v) is 12.3. The minimum Gasteiger partial charge on any atom is -0.397 e. The SMILES string of the molecule is CNC(=O)CCNC(=O)c1sc2ccc(C)cc2c1N. The average Bonchev–Trinajstić information content (AvgIpc) is 2.75. The number of fused-ring (bicyclic) bond motifs is 1. The molecule has 0 unspecified atom stereocenters. The molecule has 0 bridgehead atoms. The van der Waals surface area contributed by atoms with Crippen LogP contribution >= 0.6 is 11.3 Å². The standard InChI is InChI=1S/C14H17N3O2S/c1-8-3-4-10-9(7-8)12(15)13(20-10)14(19)17-6-5-11(18)16-2/h3-4,7H,5-6,15H2,1-2H3,(H,16,18)(H,17,19). The molecule has 0 spiro atoms. The van der Waals surface area contributed by atoms with Crippen LogP contribution in [0.4, 0.5) is 5.69 Å². The molecular formula is C14H17N3O2S. The van der Waals surface area contributed by atoms with Crippen LogP contribution < -0.4 is 16.4 Å². The summed E-state index contributed by atoms with van der Waals surface area (Å²) in [7, 11) is 1.57. The number of nitrogens with two attached hydrogens (primary N) is 1. The second-order valence-corrected chi connectivity index (χ2v) is 5.58. The first kappa shape index (κ1) is 14.3. The van der Waals surface area contributed by atoms with Crippen molar-refractivity contribution in [3.63, 3.8) is 0 Å². The van der Waals surface area contributed by atoms with Gasteiger partial charge in [-0.2, -0.15) is 0 Å². The van der Waals surface area contributed by atoms with Gasteiger partial charge in [-0.15, -0.1) is 11.3 Å². The van der Waals surface area contributed by atoms with Crippen LogP contribution in [0, 0.1) is 6.92 Å². The molecule has 1 aromatic carbocycles. The van der Waals surface area contributed by atoms with Gasteiger partial charge in [0.1, 0.15) is 4.88 Å². The number of hydrogen-bond donors (Lipinski definition) is 3. The van der Waals surface area contributed by atoms with Crippen molar-refractivity contribution in [3.8, 4) is 0 Å². The summed E-state index contributed by atoms with van der Waals surface area (Å²) in [6, 6.07) is 5.93. The maximum absolute atomic E-state index is 12.1. The molecule has 0 radical (unpaired) electrons. The Morgan fingerprint density at radius 2 is 2.10 bits per heavy atom. The van der Waals surface area contributed by atoms with E-state index in [4.69, 9.17) is 5.73 Å². The second kappa shape index (κ2) is 5.92. The van der Waals surface area contributed by atoms with E-state index in [1.807, 2.05) is 25.1 Å². The van der Waals surface area contributed by atoms with E-state index in [2.05, 4.69) is 10.6 Å². The molecule has 0 atom stereocenters. The number of aryl methyl sites for hydroxylation is 1. The van der Waals surface area contributed by atoms with Crippen LogP contribution in [0.25, 0.3) is 10.1 Å². The quantitative estimate of drug-likeness (QED) is 0.801. The molecule has 20 heavy (non-hydrogen) atoms. The molecule has 5 nitrogen and oxygen atoms in total. The Bertz CT molecular complexity index is 664. The van der Waals surface area contributed by atoms with Crippen LogP contribution in [0.5, 0.6) is 0 Å². The van der Waals surface area contributed by atoms with Crippen molar-refractivity contribution in [2.24, 2.45) is 0 Å². The Hall–Kier alpha value is -2.08. The van der Waals surface area contributed by atoms with E-state index >= 15 is 0 Å². The summed E-state index contributed by atoms with van der Waals surface area (Å²) < 4.78 is 0.990. The monoisotopic (exact) mass is 291 g/mol. The van der Waals surface area contributed by atoms with Crippen molar-refractivity contribution < 1.29 is 9.59 Å². The predicted octanol–water partition coefficient (Wildman–Crippen LogP) is 1.66. The molecule has 1 heterocycles. The number of anilines is 1. The summed E-state index contributed by atoms with van der Waals surface area (Å²) in [5, 5.41) is 6.13. The number of thiophene rings is 1. The number of nitrogen functional groups attached to an aromatic ring is 1. The molecule has 1 aromatic heterocycles. The van der Waals surface area contributed by atoms with Crippen molar-refractivity contribution in [3.05, 3.63) is 28.6 Å². The highest BCUT2D eigenvalue weighted by atomic mass is 32.1. The molecule has 0 saturated heterocycles. The van der Waals surface area contributed by atoms with E-state index in [9.17, 15) is 9.59 Å². The molecule has 0 aliphatic rings. The fourth-order valence-corrected chi connectivity index (χ4v) is 2.91. The first-order valence-electron chi connectivity index (χ1n) is 6.30. The molecule has 2 rings (SSSR count). The lowest BCUT2D eigenvalue weighted by Crippen LogP contribution is -2.29. The van der Waals surface area contributed by atoms with Crippen molar-refractivity contribution in [1.82, 2.24) is 10.6 Å². The van der Waals surface area contributed by atoms with Gasteiger partial charge in [0.05, 0.1) is 5.69 Å². The molecule has 2 aromatic rings. The highest BCUT2D eigenvalue weighted by Gasteiger charge is 2.16. The van der Waals surface area contributed by atoms with Crippen LogP contribution in [-0.4, -0.2) is 25.4 Å². The summed E-state index contributed by atoms with van der Waals surface area (Å²) in [4.78, 5) is 23.7. The summed E-state index contributed by atoms with van der Waals surface area (Å²) in [6.45, 7) is 2.28. The smallest absolute Gasteiger partial charge is 0.263 e. The molecule has 0 saturated carbocycles. The van der Waals surface area contributed by atoms with Crippen LogP contribution in [0.3, 0.4) is 0 Å². The third-order valence-electron chi connectivity index (χ3n) is 3.00.